The summed E-state index contributed by atoms with van der Waals surface area (Å²) in [7, 11) is 0. The van der Waals surface area contributed by atoms with Crippen molar-refractivity contribution in [3.05, 3.63) is 83.5 Å². The number of fused-ring (bicyclic) bond motifs is 1. The van der Waals surface area contributed by atoms with Crippen molar-refractivity contribution in [2.75, 3.05) is 11.4 Å². The number of hydrogen-bond donors (Lipinski definition) is 1. The van der Waals surface area contributed by atoms with Crippen molar-refractivity contribution in [1.82, 2.24) is 9.97 Å². The summed E-state index contributed by atoms with van der Waals surface area (Å²) in [5.74, 6) is -0.255. The Balaban J connectivity index is 0.00000342. The minimum atomic E-state index is -0.663. The molecular weight excluding hydrogens is 465 g/mol. The molecule has 0 fully saturated rings. The number of amides is 1. The summed E-state index contributed by atoms with van der Waals surface area (Å²) in [6.45, 7) is 9.89. The fraction of sp³-hybridized carbons (Fsp3) is 0.357. The van der Waals surface area contributed by atoms with Crippen LogP contribution in [0.2, 0.25) is 0 Å². The second-order valence-electron chi connectivity index (χ2n) is 10.1. The van der Waals surface area contributed by atoms with Gasteiger partial charge >= 0.3 is 6.09 Å². The molecule has 1 amide bonds. The van der Waals surface area contributed by atoms with Crippen LogP contribution in [-0.2, 0) is 11.2 Å². The highest BCUT2D eigenvalue weighted by molar-refractivity contribution is 6.00. The maximum atomic E-state index is 14.0. The molecule has 4 rings (SSSR count). The maximum absolute atomic E-state index is 14.0. The smallest absolute Gasteiger partial charge is 0.414 e. The molecule has 3 aromatic rings. The summed E-state index contributed by atoms with van der Waals surface area (Å²) in [5.41, 5.74) is 4.32. The van der Waals surface area contributed by atoms with Crippen molar-refractivity contribution in [3.8, 4) is 0 Å². The number of carbonyl (C=O) groups is 1. The summed E-state index contributed by atoms with van der Waals surface area (Å²) in [4.78, 5) is 23.2. The largest absolute Gasteiger partial charge is 0.443 e. The number of allylic oxidation sites excluding steroid dienone is 3. The molecule has 0 saturated carbocycles. The van der Waals surface area contributed by atoms with Gasteiger partial charge in [0, 0.05) is 23.9 Å². The van der Waals surface area contributed by atoms with Gasteiger partial charge in [-0.3, -0.25) is 9.88 Å². The third-order valence-corrected chi connectivity index (χ3v) is 6.24. The standard InChI is InChI=1S/C28H32FN3O2.ClH/c1-19-20(2)31-25-23(13-16-30-24(19)25)32(26(33)34-27(3,4)5)18-28(14-11-22(29)12-15-28)17-21-9-7-6-8-10-21;/h6-14,16,31H,15,17-18H2,1-5H3;1H. The van der Waals surface area contributed by atoms with Crippen LogP contribution in [0.15, 0.2) is 66.6 Å². The predicted octanol–water partition coefficient (Wildman–Crippen LogP) is 7.39. The summed E-state index contributed by atoms with van der Waals surface area (Å²) in [6.07, 6.45) is 7.41. The SMILES string of the molecule is Cc1[nH]c2c(N(CC3(Cc4ccccc4)C=CC(F)=CC3)C(=O)OC(C)(C)C)ccnc2c1C.Cl. The molecular formula is C28H33ClFN3O2. The molecule has 7 heteroatoms. The number of nitrogens with zero attached hydrogens (tertiary/aromatic N) is 2. The first-order chi connectivity index (χ1) is 16.1. The van der Waals surface area contributed by atoms with Crippen molar-refractivity contribution in [2.24, 2.45) is 5.41 Å². The van der Waals surface area contributed by atoms with Crippen molar-refractivity contribution in [1.29, 1.82) is 0 Å². The zero-order valence-corrected chi connectivity index (χ0v) is 21.7. The Labute approximate surface area is 212 Å². The van der Waals surface area contributed by atoms with E-state index in [0.717, 1.165) is 27.9 Å². The minimum absolute atomic E-state index is 0. The number of anilines is 1. The molecule has 1 atom stereocenters. The van der Waals surface area contributed by atoms with E-state index in [2.05, 4.69) is 22.1 Å². The van der Waals surface area contributed by atoms with Gasteiger partial charge in [0.15, 0.2) is 0 Å². The van der Waals surface area contributed by atoms with Crippen molar-refractivity contribution in [3.63, 3.8) is 0 Å². The molecule has 0 aliphatic heterocycles. The van der Waals surface area contributed by atoms with E-state index in [9.17, 15) is 9.18 Å². The molecule has 1 N–H and O–H groups in total. The van der Waals surface area contributed by atoms with Crippen LogP contribution in [0.5, 0.6) is 0 Å². The Morgan fingerprint density at radius 1 is 1.20 bits per heavy atom. The van der Waals surface area contributed by atoms with Crippen molar-refractivity contribution < 1.29 is 13.9 Å². The minimum Gasteiger partial charge on any atom is -0.443 e. The highest BCUT2D eigenvalue weighted by Crippen LogP contribution is 2.38. The lowest BCUT2D eigenvalue weighted by Crippen LogP contribution is -2.44. The molecule has 2 aromatic heterocycles. The van der Waals surface area contributed by atoms with Gasteiger partial charge in [-0.2, -0.15) is 0 Å². The number of halogens is 2. The molecule has 2 heterocycles. The normalized spacial score (nSPS) is 17.6. The number of ether oxygens (including phenoxy) is 1. The third kappa shape index (κ3) is 5.93. The number of aromatic nitrogens is 2. The Bertz CT molecular complexity index is 1260. The zero-order valence-electron chi connectivity index (χ0n) is 20.9. The molecule has 0 spiro atoms. The molecule has 1 aromatic carbocycles. The fourth-order valence-electron chi connectivity index (χ4n) is 4.42. The van der Waals surface area contributed by atoms with E-state index < -0.39 is 17.1 Å². The van der Waals surface area contributed by atoms with Crippen molar-refractivity contribution in [2.45, 2.75) is 53.1 Å². The molecule has 0 saturated heterocycles. The number of nitrogens with one attached hydrogen (secondary N) is 1. The van der Waals surface area contributed by atoms with Crippen LogP contribution >= 0.6 is 12.4 Å². The summed E-state index contributed by atoms with van der Waals surface area (Å²) < 4.78 is 19.9. The number of pyridine rings is 1. The van der Waals surface area contributed by atoms with Gasteiger partial charge in [-0.05, 0) is 76.8 Å². The molecule has 35 heavy (non-hydrogen) atoms. The van der Waals surface area contributed by atoms with Gasteiger partial charge < -0.3 is 9.72 Å². The van der Waals surface area contributed by atoms with E-state index in [1.165, 1.54) is 6.08 Å². The molecule has 5 nitrogen and oxygen atoms in total. The average molecular weight is 498 g/mol. The quantitative estimate of drug-likeness (QED) is 0.400. The van der Waals surface area contributed by atoms with Gasteiger partial charge in [0.25, 0.3) is 0 Å². The highest BCUT2D eigenvalue weighted by Gasteiger charge is 2.36. The predicted molar refractivity (Wildman–Crippen MR) is 142 cm³/mol. The van der Waals surface area contributed by atoms with Crippen LogP contribution in [0.4, 0.5) is 14.9 Å². The number of hydrogen-bond acceptors (Lipinski definition) is 3. The van der Waals surface area contributed by atoms with Crippen LogP contribution in [0.25, 0.3) is 11.0 Å². The number of aromatic amines is 1. The summed E-state index contributed by atoms with van der Waals surface area (Å²) in [6, 6.07) is 11.9. The highest BCUT2D eigenvalue weighted by atomic mass is 35.5. The monoisotopic (exact) mass is 497 g/mol. The number of benzene rings is 1. The van der Waals surface area contributed by atoms with Gasteiger partial charge in [-0.1, -0.05) is 36.4 Å². The number of H-pyrrole nitrogens is 1. The van der Waals surface area contributed by atoms with E-state index in [0.29, 0.717) is 25.1 Å². The summed E-state index contributed by atoms with van der Waals surface area (Å²) in [5, 5.41) is 0. The molecule has 1 aliphatic carbocycles. The zero-order chi connectivity index (χ0) is 24.5. The van der Waals surface area contributed by atoms with Crippen LogP contribution in [0.3, 0.4) is 0 Å². The third-order valence-electron chi connectivity index (χ3n) is 6.24. The Hall–Kier alpha value is -3.12. The van der Waals surface area contributed by atoms with Crippen LogP contribution in [0.1, 0.15) is 44.0 Å². The molecule has 1 aliphatic rings. The van der Waals surface area contributed by atoms with Gasteiger partial charge in [0.2, 0.25) is 0 Å². The lowest BCUT2D eigenvalue weighted by molar-refractivity contribution is 0.0568. The van der Waals surface area contributed by atoms with Crippen LogP contribution in [0, 0.1) is 19.3 Å². The van der Waals surface area contributed by atoms with Gasteiger partial charge in [-0.15, -0.1) is 12.4 Å². The number of carbonyl (C=O) groups excluding carboxylic acids is 1. The Morgan fingerprint density at radius 3 is 2.54 bits per heavy atom. The van der Waals surface area contributed by atoms with Crippen LogP contribution in [-0.4, -0.2) is 28.2 Å². The van der Waals surface area contributed by atoms with E-state index in [1.807, 2.05) is 65.0 Å². The van der Waals surface area contributed by atoms with E-state index in [4.69, 9.17) is 4.74 Å². The molecule has 1 unspecified atom stereocenters. The van der Waals surface area contributed by atoms with Crippen molar-refractivity contribution >= 4 is 35.2 Å². The van der Waals surface area contributed by atoms with Gasteiger partial charge in [0.05, 0.1) is 16.7 Å². The topological polar surface area (TPSA) is 58.2 Å². The fourth-order valence-corrected chi connectivity index (χ4v) is 4.42. The first-order valence-corrected chi connectivity index (χ1v) is 11.6. The number of rotatable bonds is 5. The molecule has 0 bridgehead atoms. The van der Waals surface area contributed by atoms with E-state index in [-0.39, 0.29) is 18.2 Å². The Morgan fingerprint density at radius 2 is 1.91 bits per heavy atom. The average Bonchev–Trinajstić information content (AvgIpc) is 3.08. The second kappa shape index (κ2) is 10.2. The second-order valence-corrected chi connectivity index (χ2v) is 10.1. The molecule has 0 radical (unpaired) electrons. The summed E-state index contributed by atoms with van der Waals surface area (Å²) >= 11 is 0. The lowest BCUT2D eigenvalue weighted by Gasteiger charge is -2.38. The lowest BCUT2D eigenvalue weighted by atomic mass is 9.75. The first-order valence-electron chi connectivity index (χ1n) is 11.6. The van der Waals surface area contributed by atoms with Crippen LogP contribution < -0.4 is 4.90 Å². The first kappa shape index (κ1) is 26.5. The maximum Gasteiger partial charge on any atom is 0.414 e. The van der Waals surface area contributed by atoms with Gasteiger partial charge in [-0.25, -0.2) is 9.18 Å². The van der Waals surface area contributed by atoms with E-state index >= 15 is 0 Å². The van der Waals surface area contributed by atoms with E-state index in [1.54, 1.807) is 17.2 Å². The number of aryl methyl sites for hydroxylation is 2. The molecule has 186 valence electrons. The van der Waals surface area contributed by atoms with Gasteiger partial charge in [0.1, 0.15) is 11.4 Å². The Kier molecular flexibility index (Phi) is 7.75.